The van der Waals surface area contributed by atoms with E-state index < -0.39 is 0 Å². The molecular weight excluding hydrogens is 168 g/mol. The maximum atomic E-state index is 11.0. The number of nitrogens with two attached hydrogens (primary N) is 1. The predicted octanol–water partition coefficient (Wildman–Crippen LogP) is -0.758. The summed E-state index contributed by atoms with van der Waals surface area (Å²) in [6.07, 6.45) is 6.82. The summed E-state index contributed by atoms with van der Waals surface area (Å²) in [5.41, 5.74) is 5.55. The molecule has 4 heteroatoms. The van der Waals surface area contributed by atoms with Crippen LogP contribution in [-0.4, -0.2) is 31.2 Å². The first kappa shape index (κ1) is 10.0. The van der Waals surface area contributed by atoms with E-state index in [4.69, 9.17) is 16.9 Å². The van der Waals surface area contributed by atoms with Gasteiger partial charge >= 0.3 is 0 Å². The van der Waals surface area contributed by atoms with Crippen molar-refractivity contribution >= 4 is 5.91 Å². The van der Waals surface area contributed by atoms with Gasteiger partial charge in [-0.3, -0.25) is 4.79 Å². The number of hydrogen-bond donors (Lipinski definition) is 2. The second kappa shape index (κ2) is 4.85. The third kappa shape index (κ3) is 3.45. The molecular formula is C9H14N2O2. The first-order valence-electron chi connectivity index (χ1n) is 4.29. The van der Waals surface area contributed by atoms with Crippen LogP contribution in [0.4, 0.5) is 0 Å². The zero-order chi connectivity index (χ0) is 9.68. The van der Waals surface area contributed by atoms with Crippen molar-refractivity contribution in [3.63, 3.8) is 0 Å². The summed E-state index contributed by atoms with van der Waals surface area (Å²) in [4.78, 5) is 11.0. The topological polar surface area (TPSA) is 64.3 Å². The van der Waals surface area contributed by atoms with Gasteiger partial charge in [0.15, 0.2) is 0 Å². The van der Waals surface area contributed by atoms with Gasteiger partial charge < -0.3 is 15.8 Å². The Morgan fingerprint density at radius 2 is 2.38 bits per heavy atom. The van der Waals surface area contributed by atoms with Crippen LogP contribution in [0.1, 0.15) is 12.8 Å². The lowest BCUT2D eigenvalue weighted by molar-refractivity contribution is -0.129. The van der Waals surface area contributed by atoms with E-state index >= 15 is 0 Å². The number of nitrogens with one attached hydrogen (secondary N) is 1. The molecule has 0 heterocycles. The van der Waals surface area contributed by atoms with Gasteiger partial charge in [0.1, 0.15) is 6.61 Å². The number of ether oxygens (including phenoxy) is 1. The summed E-state index contributed by atoms with van der Waals surface area (Å²) in [6.45, 7) is 0.339. The molecule has 0 bridgehead atoms. The van der Waals surface area contributed by atoms with E-state index in [1.54, 1.807) is 0 Å². The Morgan fingerprint density at radius 1 is 1.69 bits per heavy atom. The summed E-state index contributed by atoms with van der Waals surface area (Å²) in [5.74, 6) is 2.15. The number of hydrogen-bond acceptors (Lipinski definition) is 3. The molecule has 0 aromatic carbocycles. The van der Waals surface area contributed by atoms with Crippen LogP contribution < -0.4 is 11.1 Å². The second-order valence-corrected chi connectivity index (χ2v) is 3.15. The normalized spacial score (nSPS) is 25.8. The van der Waals surface area contributed by atoms with E-state index in [2.05, 4.69) is 11.2 Å². The molecule has 0 unspecified atom stereocenters. The number of terminal acetylenes is 1. The van der Waals surface area contributed by atoms with E-state index in [1.165, 1.54) is 0 Å². The summed E-state index contributed by atoms with van der Waals surface area (Å²) < 4.78 is 5.25. The fourth-order valence-corrected chi connectivity index (χ4v) is 1.14. The molecule has 3 N–H and O–H groups in total. The third-order valence-electron chi connectivity index (χ3n) is 1.97. The average Bonchev–Trinajstić information content (AvgIpc) is 2.07. The molecule has 13 heavy (non-hydrogen) atoms. The molecule has 4 nitrogen and oxygen atoms in total. The van der Waals surface area contributed by atoms with Crippen LogP contribution >= 0.6 is 0 Å². The Morgan fingerprint density at radius 3 is 2.92 bits per heavy atom. The van der Waals surface area contributed by atoms with Crippen molar-refractivity contribution in [2.24, 2.45) is 5.73 Å². The van der Waals surface area contributed by atoms with Crippen molar-refractivity contribution in [2.75, 3.05) is 13.2 Å². The Labute approximate surface area is 77.8 Å². The Hall–Kier alpha value is -1.05. The average molecular weight is 182 g/mol. The van der Waals surface area contributed by atoms with Crippen LogP contribution in [0.15, 0.2) is 0 Å². The smallest absolute Gasteiger partial charge is 0.246 e. The lowest BCUT2D eigenvalue weighted by Crippen LogP contribution is -2.43. The minimum absolute atomic E-state index is 0.0824. The van der Waals surface area contributed by atoms with Gasteiger partial charge in [0.05, 0.1) is 12.6 Å². The Kier molecular flexibility index (Phi) is 3.74. The molecule has 0 aromatic heterocycles. The molecule has 1 rings (SSSR count). The van der Waals surface area contributed by atoms with Crippen molar-refractivity contribution in [3.8, 4) is 12.3 Å². The highest BCUT2D eigenvalue weighted by Crippen LogP contribution is 2.20. The highest BCUT2D eigenvalue weighted by atomic mass is 16.5. The number of carbonyl (C=O) groups excluding carboxylic acids is 1. The van der Waals surface area contributed by atoms with Gasteiger partial charge in [-0.25, -0.2) is 0 Å². The molecule has 0 saturated heterocycles. The minimum atomic E-state index is -0.168. The van der Waals surface area contributed by atoms with Gasteiger partial charge in [-0.05, 0) is 12.8 Å². The molecule has 0 spiro atoms. The molecule has 0 aliphatic heterocycles. The highest BCUT2D eigenvalue weighted by Gasteiger charge is 2.26. The summed E-state index contributed by atoms with van der Waals surface area (Å²) in [7, 11) is 0. The number of rotatable bonds is 4. The van der Waals surface area contributed by atoms with Gasteiger partial charge in [0, 0.05) is 6.04 Å². The molecule has 1 aliphatic carbocycles. The quantitative estimate of drug-likeness (QED) is 0.562. The maximum Gasteiger partial charge on any atom is 0.246 e. The van der Waals surface area contributed by atoms with E-state index in [1.807, 2.05) is 0 Å². The lowest BCUT2D eigenvalue weighted by Gasteiger charge is -2.31. The van der Waals surface area contributed by atoms with Crippen LogP contribution in [0.3, 0.4) is 0 Å². The van der Waals surface area contributed by atoms with Crippen molar-refractivity contribution in [1.29, 1.82) is 0 Å². The van der Waals surface area contributed by atoms with Crippen LogP contribution in [0.2, 0.25) is 0 Å². The molecule has 1 fully saturated rings. The van der Waals surface area contributed by atoms with E-state index in [-0.39, 0.29) is 31.2 Å². The first-order chi connectivity index (χ1) is 6.22. The van der Waals surface area contributed by atoms with E-state index in [0.717, 1.165) is 12.8 Å². The van der Waals surface area contributed by atoms with Gasteiger partial charge in [-0.15, -0.1) is 6.42 Å². The molecule has 0 aromatic rings. The van der Waals surface area contributed by atoms with Gasteiger partial charge in [-0.1, -0.05) is 5.92 Å². The molecule has 72 valence electrons. The maximum absolute atomic E-state index is 11.0. The Bertz CT molecular complexity index is 216. The van der Waals surface area contributed by atoms with Gasteiger partial charge in [0.2, 0.25) is 5.91 Å². The Balaban J connectivity index is 2.00. The molecule has 0 radical (unpaired) electrons. The lowest BCUT2D eigenvalue weighted by atomic mass is 9.90. The van der Waals surface area contributed by atoms with E-state index in [0.29, 0.717) is 0 Å². The zero-order valence-electron chi connectivity index (χ0n) is 7.45. The molecule has 1 aliphatic rings. The number of carbonyl (C=O) groups is 1. The van der Waals surface area contributed by atoms with E-state index in [9.17, 15) is 4.79 Å². The van der Waals surface area contributed by atoms with Crippen LogP contribution in [-0.2, 0) is 9.53 Å². The van der Waals surface area contributed by atoms with Crippen LogP contribution in [0.25, 0.3) is 0 Å². The number of amides is 1. The van der Waals surface area contributed by atoms with Crippen LogP contribution in [0, 0.1) is 12.3 Å². The minimum Gasteiger partial charge on any atom is -0.368 e. The van der Waals surface area contributed by atoms with Crippen molar-refractivity contribution in [1.82, 2.24) is 5.32 Å². The van der Waals surface area contributed by atoms with Crippen molar-refractivity contribution in [3.05, 3.63) is 0 Å². The summed E-state index contributed by atoms with van der Waals surface area (Å²) >= 11 is 0. The fourth-order valence-electron chi connectivity index (χ4n) is 1.14. The highest BCUT2D eigenvalue weighted by molar-refractivity contribution is 5.77. The summed E-state index contributed by atoms with van der Waals surface area (Å²) in [6, 6.07) is 0.249. The monoisotopic (exact) mass is 182 g/mol. The standard InChI is InChI=1S/C9H14N2O2/c1-2-3-11-9(12)6-13-8-4-7(10)5-8/h1,7-8H,3-6,10H2,(H,11,12). The second-order valence-electron chi connectivity index (χ2n) is 3.15. The summed E-state index contributed by atoms with van der Waals surface area (Å²) in [5, 5.41) is 2.52. The third-order valence-corrected chi connectivity index (χ3v) is 1.97. The fraction of sp³-hybridized carbons (Fsp3) is 0.667. The first-order valence-corrected chi connectivity index (χ1v) is 4.29. The molecule has 0 atom stereocenters. The van der Waals surface area contributed by atoms with Crippen molar-refractivity contribution < 1.29 is 9.53 Å². The largest absolute Gasteiger partial charge is 0.368 e. The predicted molar refractivity (Wildman–Crippen MR) is 48.8 cm³/mol. The zero-order valence-corrected chi connectivity index (χ0v) is 7.45. The van der Waals surface area contributed by atoms with Gasteiger partial charge in [-0.2, -0.15) is 0 Å². The SMILES string of the molecule is C#CCNC(=O)COC1CC(N)C1. The van der Waals surface area contributed by atoms with Crippen molar-refractivity contribution in [2.45, 2.75) is 25.0 Å². The molecule has 1 saturated carbocycles. The van der Waals surface area contributed by atoms with Gasteiger partial charge in [0.25, 0.3) is 0 Å². The van der Waals surface area contributed by atoms with Crippen LogP contribution in [0.5, 0.6) is 0 Å². The molecule has 1 amide bonds.